The van der Waals surface area contributed by atoms with Gasteiger partial charge in [0, 0.05) is 12.4 Å². The van der Waals surface area contributed by atoms with Crippen molar-refractivity contribution in [3.8, 4) is 5.75 Å². The second-order valence-corrected chi connectivity index (χ2v) is 5.88. The Morgan fingerprint density at radius 2 is 1.90 bits per heavy atom. The number of nitrogens with one attached hydrogen (secondary N) is 1. The van der Waals surface area contributed by atoms with E-state index >= 15 is 0 Å². The third kappa shape index (κ3) is 3.27. The molecule has 1 heterocycles. The number of hydrogen-bond donors (Lipinski definition) is 1. The molecule has 0 saturated carbocycles. The first kappa shape index (κ1) is 14.3. The highest BCUT2D eigenvalue weighted by Crippen LogP contribution is 2.26. The normalized spacial score (nSPS) is 11.1. The first-order valence-corrected chi connectivity index (χ1v) is 7.67. The van der Waals surface area contributed by atoms with E-state index in [9.17, 15) is 8.42 Å². The second kappa shape index (κ2) is 5.92. The van der Waals surface area contributed by atoms with Crippen LogP contribution in [-0.2, 0) is 10.0 Å². The van der Waals surface area contributed by atoms with Crippen molar-refractivity contribution in [2.75, 3.05) is 11.3 Å². The minimum absolute atomic E-state index is 0.127. The molecule has 0 aliphatic heterocycles. The summed E-state index contributed by atoms with van der Waals surface area (Å²) in [5, 5.41) is 0. The Morgan fingerprint density at radius 1 is 1.20 bits per heavy atom. The molecule has 0 aliphatic rings. The van der Waals surface area contributed by atoms with Gasteiger partial charge in [-0.1, -0.05) is 6.07 Å². The number of ether oxygens (including phenoxy) is 1. The van der Waals surface area contributed by atoms with Crippen molar-refractivity contribution in [3.05, 3.63) is 48.3 Å². The standard InChI is InChI=1S/C14H16N2O3S/c1-3-19-13-10-11(2)4-5-14(13)20(17,18)16-12-6-8-15-9-7-12/h4-10H,3H2,1-2H3,(H,15,16). The minimum atomic E-state index is -3.69. The van der Waals surface area contributed by atoms with E-state index in [0.717, 1.165) is 5.56 Å². The molecule has 0 spiro atoms. The average molecular weight is 292 g/mol. The van der Waals surface area contributed by atoms with Gasteiger partial charge in [0.15, 0.2) is 0 Å². The molecule has 1 aromatic carbocycles. The van der Waals surface area contributed by atoms with Crippen molar-refractivity contribution in [2.24, 2.45) is 0 Å². The molecule has 0 aliphatic carbocycles. The van der Waals surface area contributed by atoms with E-state index in [4.69, 9.17) is 4.74 Å². The predicted molar refractivity (Wildman–Crippen MR) is 77.4 cm³/mol. The summed E-state index contributed by atoms with van der Waals surface area (Å²) in [5.74, 6) is 0.356. The van der Waals surface area contributed by atoms with Gasteiger partial charge in [-0.3, -0.25) is 9.71 Å². The number of nitrogens with zero attached hydrogens (tertiary/aromatic N) is 1. The molecule has 1 N–H and O–H groups in total. The van der Waals surface area contributed by atoms with Gasteiger partial charge in [-0.05, 0) is 43.7 Å². The number of hydrogen-bond acceptors (Lipinski definition) is 4. The SMILES string of the molecule is CCOc1cc(C)ccc1S(=O)(=O)Nc1ccncc1. The summed E-state index contributed by atoms with van der Waals surface area (Å²) in [5.41, 5.74) is 1.40. The van der Waals surface area contributed by atoms with Crippen molar-refractivity contribution in [1.82, 2.24) is 4.98 Å². The highest BCUT2D eigenvalue weighted by molar-refractivity contribution is 7.92. The number of benzene rings is 1. The zero-order valence-electron chi connectivity index (χ0n) is 11.3. The van der Waals surface area contributed by atoms with Crippen LogP contribution < -0.4 is 9.46 Å². The maximum atomic E-state index is 12.4. The molecule has 0 amide bonds. The van der Waals surface area contributed by atoms with Crippen molar-refractivity contribution in [3.63, 3.8) is 0 Å². The van der Waals surface area contributed by atoms with Gasteiger partial charge in [0.1, 0.15) is 10.6 Å². The highest BCUT2D eigenvalue weighted by atomic mass is 32.2. The molecule has 1 aromatic heterocycles. The molecule has 2 rings (SSSR count). The highest BCUT2D eigenvalue weighted by Gasteiger charge is 2.19. The van der Waals surface area contributed by atoms with Gasteiger partial charge in [0.05, 0.1) is 12.3 Å². The first-order chi connectivity index (χ1) is 9.53. The topological polar surface area (TPSA) is 68.3 Å². The number of aromatic nitrogens is 1. The van der Waals surface area contributed by atoms with Gasteiger partial charge in [-0.2, -0.15) is 0 Å². The average Bonchev–Trinajstić information content (AvgIpc) is 2.39. The third-order valence-electron chi connectivity index (χ3n) is 2.62. The number of sulfonamides is 1. The summed E-state index contributed by atoms with van der Waals surface area (Å²) in [6, 6.07) is 8.18. The molecule has 0 radical (unpaired) electrons. The van der Waals surface area contributed by atoms with E-state index in [1.54, 1.807) is 30.3 Å². The van der Waals surface area contributed by atoms with Crippen LogP contribution in [0.3, 0.4) is 0 Å². The van der Waals surface area contributed by atoms with Crippen LogP contribution in [0.5, 0.6) is 5.75 Å². The molecule has 0 bridgehead atoms. The van der Waals surface area contributed by atoms with Crippen LogP contribution >= 0.6 is 0 Å². The van der Waals surface area contributed by atoms with E-state index in [2.05, 4.69) is 9.71 Å². The fourth-order valence-corrected chi connectivity index (χ4v) is 2.92. The third-order valence-corrected chi connectivity index (χ3v) is 4.04. The zero-order valence-corrected chi connectivity index (χ0v) is 12.1. The molecule has 5 nitrogen and oxygen atoms in total. The van der Waals surface area contributed by atoms with E-state index < -0.39 is 10.0 Å². The van der Waals surface area contributed by atoms with Gasteiger partial charge in [0.2, 0.25) is 0 Å². The lowest BCUT2D eigenvalue weighted by molar-refractivity contribution is 0.331. The largest absolute Gasteiger partial charge is 0.492 e. The maximum Gasteiger partial charge on any atom is 0.265 e. The van der Waals surface area contributed by atoms with E-state index in [1.165, 1.54) is 12.4 Å². The molecule has 20 heavy (non-hydrogen) atoms. The summed E-state index contributed by atoms with van der Waals surface area (Å²) in [4.78, 5) is 3.97. The van der Waals surface area contributed by atoms with E-state index in [0.29, 0.717) is 18.0 Å². The number of aryl methyl sites for hydroxylation is 1. The van der Waals surface area contributed by atoms with E-state index in [1.807, 2.05) is 13.8 Å². The van der Waals surface area contributed by atoms with E-state index in [-0.39, 0.29) is 4.90 Å². The van der Waals surface area contributed by atoms with Crippen molar-refractivity contribution >= 4 is 15.7 Å². The number of rotatable bonds is 5. The molecule has 2 aromatic rings. The lowest BCUT2D eigenvalue weighted by Gasteiger charge is -2.13. The molecule has 6 heteroatoms. The Hall–Kier alpha value is -2.08. The zero-order chi connectivity index (χ0) is 14.6. The monoisotopic (exact) mass is 292 g/mol. The van der Waals surface area contributed by atoms with Crippen molar-refractivity contribution in [1.29, 1.82) is 0 Å². The lowest BCUT2D eigenvalue weighted by Crippen LogP contribution is -2.14. The maximum absolute atomic E-state index is 12.4. The summed E-state index contributed by atoms with van der Waals surface area (Å²) in [6.07, 6.45) is 3.05. The van der Waals surface area contributed by atoms with Gasteiger partial charge in [-0.25, -0.2) is 8.42 Å². The van der Waals surface area contributed by atoms with Gasteiger partial charge >= 0.3 is 0 Å². The van der Waals surface area contributed by atoms with Crippen LogP contribution in [0, 0.1) is 6.92 Å². The molecule has 0 atom stereocenters. The van der Waals surface area contributed by atoms with Crippen LogP contribution in [-0.4, -0.2) is 20.0 Å². The minimum Gasteiger partial charge on any atom is -0.492 e. The lowest BCUT2D eigenvalue weighted by atomic mass is 10.2. The number of pyridine rings is 1. The quantitative estimate of drug-likeness (QED) is 0.919. The summed E-state index contributed by atoms with van der Waals surface area (Å²) in [6.45, 7) is 4.10. The van der Waals surface area contributed by atoms with Crippen molar-refractivity contribution < 1.29 is 13.2 Å². The molecular formula is C14H16N2O3S. The second-order valence-electron chi connectivity index (χ2n) is 4.22. The fraction of sp³-hybridized carbons (Fsp3) is 0.214. The molecule has 0 saturated heterocycles. The fourth-order valence-electron chi connectivity index (χ4n) is 1.74. The first-order valence-electron chi connectivity index (χ1n) is 6.19. The summed E-state index contributed by atoms with van der Waals surface area (Å²) in [7, 11) is -3.69. The summed E-state index contributed by atoms with van der Waals surface area (Å²) >= 11 is 0. The van der Waals surface area contributed by atoms with Gasteiger partial charge in [-0.15, -0.1) is 0 Å². The van der Waals surface area contributed by atoms with Gasteiger partial charge < -0.3 is 4.74 Å². The molecular weight excluding hydrogens is 276 g/mol. The molecule has 106 valence electrons. The Morgan fingerprint density at radius 3 is 2.55 bits per heavy atom. The van der Waals surface area contributed by atoms with Gasteiger partial charge in [0.25, 0.3) is 10.0 Å². The Kier molecular flexibility index (Phi) is 4.24. The molecule has 0 unspecified atom stereocenters. The Labute approximate surface area is 118 Å². The van der Waals surface area contributed by atoms with Crippen LogP contribution in [0.2, 0.25) is 0 Å². The Balaban J connectivity index is 2.39. The smallest absolute Gasteiger partial charge is 0.265 e. The van der Waals surface area contributed by atoms with Crippen LogP contribution in [0.25, 0.3) is 0 Å². The Bertz CT molecular complexity index is 685. The summed E-state index contributed by atoms with van der Waals surface area (Å²) < 4.78 is 32.7. The van der Waals surface area contributed by atoms with Crippen LogP contribution in [0.1, 0.15) is 12.5 Å². The van der Waals surface area contributed by atoms with Crippen LogP contribution in [0.15, 0.2) is 47.6 Å². The van der Waals surface area contributed by atoms with Crippen molar-refractivity contribution in [2.45, 2.75) is 18.7 Å². The number of anilines is 1. The van der Waals surface area contributed by atoms with Crippen LogP contribution in [0.4, 0.5) is 5.69 Å². The molecule has 0 fully saturated rings. The predicted octanol–water partition coefficient (Wildman–Crippen LogP) is 2.59.